The molecule has 1 aromatic carbocycles. The maximum Gasteiger partial charge on any atom is 0.407 e. The van der Waals surface area contributed by atoms with Gasteiger partial charge in [-0.15, -0.1) is 0 Å². The second kappa shape index (κ2) is 9.17. The molecule has 2 amide bonds. The molecule has 2 aromatic heterocycles. The maximum atomic E-state index is 13.4. The van der Waals surface area contributed by atoms with Gasteiger partial charge in [-0.2, -0.15) is 0 Å². The number of fused-ring (bicyclic) bond motifs is 3. The minimum Gasteiger partial charge on any atom is -0.453 e. The number of alkyl carbamates (subject to hydrolysis) is 1. The summed E-state index contributed by atoms with van der Waals surface area (Å²) in [5, 5.41) is 8.19. The minimum absolute atomic E-state index is 0.212. The van der Waals surface area contributed by atoms with Gasteiger partial charge in [-0.3, -0.25) is 14.7 Å². The van der Waals surface area contributed by atoms with Crippen molar-refractivity contribution in [3.63, 3.8) is 0 Å². The summed E-state index contributed by atoms with van der Waals surface area (Å²) in [7, 11) is 1.32. The smallest absolute Gasteiger partial charge is 0.407 e. The molecule has 3 aromatic rings. The lowest BCUT2D eigenvalue weighted by Crippen LogP contribution is -2.60. The molecule has 0 radical (unpaired) electrons. The molecule has 4 rings (SSSR count). The Labute approximate surface area is 196 Å². The summed E-state index contributed by atoms with van der Waals surface area (Å²) in [6, 6.07) is 4.74. The molecule has 3 heterocycles. The number of morpholine rings is 1. The van der Waals surface area contributed by atoms with E-state index in [2.05, 4.69) is 25.3 Å². The van der Waals surface area contributed by atoms with E-state index in [1.54, 1.807) is 18.5 Å². The quantitative estimate of drug-likeness (QED) is 0.523. The van der Waals surface area contributed by atoms with E-state index in [0.29, 0.717) is 23.8 Å². The van der Waals surface area contributed by atoms with Gasteiger partial charge in [0, 0.05) is 41.1 Å². The number of nitrogens with one attached hydrogen (secondary N) is 3. The molecule has 0 saturated carbocycles. The minimum atomic E-state index is -0.542. The van der Waals surface area contributed by atoms with Gasteiger partial charge in [-0.25, -0.2) is 4.79 Å². The highest BCUT2D eigenvalue weighted by Gasteiger charge is 2.38. The number of hydrogen-bond donors (Lipinski definition) is 3. The van der Waals surface area contributed by atoms with Crippen LogP contribution in [0, 0.1) is 0 Å². The van der Waals surface area contributed by atoms with E-state index in [-0.39, 0.29) is 18.6 Å². The summed E-state index contributed by atoms with van der Waals surface area (Å²) >= 11 is 6.38. The van der Waals surface area contributed by atoms with Crippen LogP contribution in [0.3, 0.4) is 0 Å². The van der Waals surface area contributed by atoms with Crippen LogP contribution in [0.5, 0.6) is 0 Å². The highest BCUT2D eigenvalue weighted by molar-refractivity contribution is 6.33. The van der Waals surface area contributed by atoms with Crippen LogP contribution in [0.4, 0.5) is 10.5 Å². The van der Waals surface area contributed by atoms with Crippen LogP contribution in [0.15, 0.2) is 30.6 Å². The number of benzene rings is 1. The SMILES string of the molecule is COC(=O)N[C@@H](C)CN1CC(C)(C)OCC1C(=O)Nc1cc(Cl)cc2c1[nH]c1cnccc12. The first-order chi connectivity index (χ1) is 15.7. The second-order valence-electron chi connectivity index (χ2n) is 8.96. The van der Waals surface area contributed by atoms with Gasteiger partial charge < -0.3 is 25.1 Å². The number of aromatic nitrogens is 2. The van der Waals surface area contributed by atoms with Gasteiger partial charge in [0.2, 0.25) is 5.91 Å². The molecule has 1 aliphatic heterocycles. The average molecular weight is 474 g/mol. The van der Waals surface area contributed by atoms with Crippen LogP contribution >= 0.6 is 11.6 Å². The zero-order chi connectivity index (χ0) is 23.8. The zero-order valence-corrected chi connectivity index (χ0v) is 19.8. The lowest BCUT2D eigenvalue weighted by Gasteiger charge is -2.43. The normalized spacial score (nSPS) is 19.4. The number of carbonyl (C=O) groups excluding carboxylic acids is 2. The van der Waals surface area contributed by atoms with Crippen molar-refractivity contribution in [3.8, 4) is 0 Å². The summed E-state index contributed by atoms with van der Waals surface area (Å²) in [4.78, 5) is 34.5. The number of methoxy groups -OCH3 is 1. The third-order valence-corrected chi connectivity index (χ3v) is 5.97. The number of H-pyrrole nitrogens is 1. The number of anilines is 1. The van der Waals surface area contributed by atoms with Crippen LogP contribution in [0.2, 0.25) is 5.02 Å². The Morgan fingerprint density at radius 1 is 1.39 bits per heavy atom. The largest absolute Gasteiger partial charge is 0.453 e. The van der Waals surface area contributed by atoms with E-state index in [1.165, 1.54) is 7.11 Å². The first kappa shape index (κ1) is 23.3. The molecule has 1 saturated heterocycles. The van der Waals surface area contributed by atoms with Gasteiger partial charge >= 0.3 is 6.09 Å². The fraction of sp³-hybridized carbons (Fsp3) is 0.435. The van der Waals surface area contributed by atoms with E-state index in [1.807, 2.05) is 37.8 Å². The summed E-state index contributed by atoms with van der Waals surface area (Å²) in [5.74, 6) is -0.212. The van der Waals surface area contributed by atoms with E-state index >= 15 is 0 Å². The van der Waals surface area contributed by atoms with Crippen LogP contribution in [0.1, 0.15) is 20.8 Å². The fourth-order valence-electron chi connectivity index (χ4n) is 4.28. The Hall–Kier alpha value is -2.88. The topological polar surface area (TPSA) is 109 Å². The number of hydrogen-bond acceptors (Lipinski definition) is 6. The number of aromatic amines is 1. The number of carbonyl (C=O) groups is 2. The molecular weight excluding hydrogens is 446 g/mol. The van der Waals surface area contributed by atoms with Crippen molar-refractivity contribution >= 4 is 51.1 Å². The summed E-state index contributed by atoms with van der Waals surface area (Å²) in [6.45, 7) is 7.04. The van der Waals surface area contributed by atoms with Crippen molar-refractivity contribution in [3.05, 3.63) is 35.6 Å². The molecule has 3 N–H and O–H groups in total. The monoisotopic (exact) mass is 473 g/mol. The highest BCUT2D eigenvalue weighted by Crippen LogP contribution is 2.33. The van der Waals surface area contributed by atoms with Gasteiger partial charge in [0.15, 0.2) is 0 Å². The highest BCUT2D eigenvalue weighted by atomic mass is 35.5. The van der Waals surface area contributed by atoms with Crippen molar-refractivity contribution < 1.29 is 19.1 Å². The molecule has 1 aliphatic rings. The molecule has 1 unspecified atom stereocenters. The lowest BCUT2D eigenvalue weighted by molar-refractivity contribution is -0.143. The van der Waals surface area contributed by atoms with Crippen molar-refractivity contribution in [2.45, 2.75) is 38.5 Å². The summed E-state index contributed by atoms with van der Waals surface area (Å²) in [6.07, 6.45) is 2.95. The van der Waals surface area contributed by atoms with Crippen molar-refractivity contribution in [1.82, 2.24) is 20.2 Å². The number of ether oxygens (including phenoxy) is 2. The predicted molar refractivity (Wildman–Crippen MR) is 128 cm³/mol. The summed E-state index contributed by atoms with van der Waals surface area (Å²) in [5.41, 5.74) is 1.80. The van der Waals surface area contributed by atoms with Crippen molar-refractivity contribution in [2.75, 3.05) is 32.1 Å². The Kier molecular flexibility index (Phi) is 6.47. The fourth-order valence-corrected chi connectivity index (χ4v) is 4.50. The Morgan fingerprint density at radius 2 is 2.18 bits per heavy atom. The van der Waals surface area contributed by atoms with E-state index in [4.69, 9.17) is 16.3 Å². The second-order valence-corrected chi connectivity index (χ2v) is 9.40. The molecule has 176 valence electrons. The van der Waals surface area contributed by atoms with E-state index < -0.39 is 17.7 Å². The lowest BCUT2D eigenvalue weighted by atomic mass is 10.0. The molecule has 9 nitrogen and oxygen atoms in total. The van der Waals surface area contributed by atoms with Gasteiger partial charge in [0.25, 0.3) is 0 Å². The molecule has 0 spiro atoms. The third-order valence-electron chi connectivity index (χ3n) is 5.75. The molecule has 33 heavy (non-hydrogen) atoms. The molecule has 2 atom stereocenters. The van der Waals surface area contributed by atoms with Gasteiger partial charge in [-0.05, 0) is 39.0 Å². The molecular formula is C23H28ClN5O4. The number of rotatable bonds is 5. The van der Waals surface area contributed by atoms with E-state index in [9.17, 15) is 9.59 Å². The Bertz CT molecular complexity index is 1190. The molecule has 0 aliphatic carbocycles. The average Bonchev–Trinajstić information content (AvgIpc) is 3.11. The Balaban J connectivity index is 1.59. The predicted octanol–water partition coefficient (Wildman–Crippen LogP) is 3.53. The summed E-state index contributed by atoms with van der Waals surface area (Å²) < 4.78 is 10.6. The molecule has 10 heteroatoms. The molecule has 1 fully saturated rings. The Morgan fingerprint density at radius 3 is 2.94 bits per heavy atom. The van der Waals surface area contributed by atoms with Crippen LogP contribution < -0.4 is 10.6 Å². The van der Waals surface area contributed by atoms with Gasteiger partial charge in [0.05, 0.1) is 42.2 Å². The van der Waals surface area contributed by atoms with Crippen molar-refractivity contribution in [2.24, 2.45) is 0 Å². The maximum absolute atomic E-state index is 13.4. The first-order valence-electron chi connectivity index (χ1n) is 10.7. The molecule has 0 bridgehead atoms. The zero-order valence-electron chi connectivity index (χ0n) is 19.1. The van der Waals surface area contributed by atoms with Gasteiger partial charge in [0.1, 0.15) is 6.04 Å². The first-order valence-corrected chi connectivity index (χ1v) is 11.1. The third kappa shape index (κ3) is 5.05. The van der Waals surface area contributed by atoms with E-state index in [0.717, 1.165) is 21.8 Å². The standard InChI is InChI=1S/C23H28ClN5O4/c1-13(26-22(31)32-4)10-29-12-23(2,3)33-11-19(29)21(30)28-17-8-14(24)7-16-15-5-6-25-9-18(15)27-20(16)17/h5-9,13,19,27H,10-12H2,1-4H3,(H,26,31)(H,28,30)/t13-,19?/m0/s1. The van der Waals surface area contributed by atoms with Gasteiger partial charge in [-0.1, -0.05) is 11.6 Å². The van der Waals surface area contributed by atoms with Crippen molar-refractivity contribution in [1.29, 1.82) is 0 Å². The van der Waals surface area contributed by atoms with Crippen LogP contribution in [-0.4, -0.2) is 71.4 Å². The number of nitrogens with zero attached hydrogens (tertiary/aromatic N) is 2. The van der Waals surface area contributed by atoms with Crippen LogP contribution in [0.25, 0.3) is 21.8 Å². The number of amides is 2. The van der Waals surface area contributed by atoms with Crippen LogP contribution in [-0.2, 0) is 14.3 Å². The number of pyridine rings is 1. The number of halogens is 1.